The van der Waals surface area contributed by atoms with Crippen LogP contribution in [0.5, 0.6) is 0 Å². The van der Waals surface area contributed by atoms with Crippen molar-refractivity contribution < 1.29 is 38.5 Å². The van der Waals surface area contributed by atoms with Gasteiger partial charge in [0.05, 0.1) is 17.7 Å². The molecule has 1 aliphatic carbocycles. The molecule has 10 nitrogen and oxygen atoms in total. The Morgan fingerprint density at radius 2 is 1.56 bits per heavy atom. The number of carboxylic acid groups (broad SMARTS) is 3. The summed E-state index contributed by atoms with van der Waals surface area (Å²) < 4.78 is 9.72. The molecule has 1 aromatic carbocycles. The van der Waals surface area contributed by atoms with E-state index in [0.29, 0.717) is 42.5 Å². The molecule has 1 aromatic heterocycles. The number of carboxylic acids is 3. The van der Waals surface area contributed by atoms with Crippen LogP contribution in [0, 0.1) is 13.8 Å². The molecule has 1 saturated heterocycles. The van der Waals surface area contributed by atoms with Gasteiger partial charge in [-0.3, -0.25) is 9.69 Å². The zero-order chi connectivity index (χ0) is 25.0. The Morgan fingerprint density at radius 3 is 2.03 bits per heavy atom. The topological polar surface area (TPSA) is 158 Å². The number of aryl methyl sites for hydroxylation is 1. The Balaban J connectivity index is 0.000000192. The number of aliphatic carboxylic acids is 1. The molecule has 1 saturated carbocycles. The van der Waals surface area contributed by atoms with Crippen molar-refractivity contribution in [2.24, 2.45) is 0 Å². The van der Waals surface area contributed by atoms with E-state index in [4.69, 9.17) is 19.0 Å². The Hall–Kier alpha value is -3.40. The minimum atomic E-state index is -1.07. The van der Waals surface area contributed by atoms with Gasteiger partial charge < -0.3 is 24.2 Å². The van der Waals surface area contributed by atoms with E-state index in [9.17, 15) is 24.3 Å². The van der Waals surface area contributed by atoms with Gasteiger partial charge in [-0.05, 0) is 75.3 Å². The first-order valence-corrected chi connectivity index (χ1v) is 11.3. The number of carbonyl (C=O) groups is 3. The highest BCUT2D eigenvalue weighted by Crippen LogP contribution is 2.41. The van der Waals surface area contributed by atoms with Crippen molar-refractivity contribution in [2.45, 2.75) is 70.9 Å². The van der Waals surface area contributed by atoms with Gasteiger partial charge in [0.2, 0.25) is 0 Å². The fourth-order valence-electron chi connectivity index (χ4n) is 4.17. The summed E-state index contributed by atoms with van der Waals surface area (Å²) in [6.45, 7) is 4.19. The van der Waals surface area contributed by atoms with Gasteiger partial charge in [0.25, 0.3) is 0 Å². The van der Waals surface area contributed by atoms with Crippen molar-refractivity contribution in [1.29, 1.82) is 0 Å². The molecule has 1 aliphatic heterocycles. The van der Waals surface area contributed by atoms with E-state index >= 15 is 0 Å². The number of hydrogen-bond acceptors (Lipinski definition) is 7. The lowest BCUT2D eigenvalue weighted by Gasteiger charge is -2.25. The molecular formula is C24H29NO9. The smallest absolute Gasteiger partial charge is 0.480 e. The molecular weight excluding hydrogens is 446 g/mol. The van der Waals surface area contributed by atoms with Crippen LogP contribution in [0.4, 0.5) is 0 Å². The van der Waals surface area contributed by atoms with Gasteiger partial charge in [-0.2, -0.15) is 0 Å². The first-order valence-electron chi connectivity index (χ1n) is 11.3. The number of rotatable bonds is 6. The Morgan fingerprint density at radius 1 is 0.941 bits per heavy atom. The van der Waals surface area contributed by atoms with E-state index in [0.717, 1.165) is 37.7 Å². The van der Waals surface area contributed by atoms with Crippen LogP contribution < -0.4 is 5.82 Å². The minimum Gasteiger partial charge on any atom is -0.480 e. The standard InChI is InChI=1S/C12H17NO5.C12H12O4/c1-8-10(18-12(16)17-8)7-13-6-4-2-3-5-9(13)11(14)15;1-6-9(11(13)14)4-8(7-2-3-7)5-10(6)12(15)16/h9H,2-7H2,1H3,(H,14,15);4-5,7H,2-3H2,1H3,(H,13,14)(H,15,16). The minimum absolute atomic E-state index is 0.0989. The van der Waals surface area contributed by atoms with Crippen molar-refractivity contribution in [2.75, 3.05) is 6.54 Å². The monoisotopic (exact) mass is 475 g/mol. The molecule has 1 atom stereocenters. The van der Waals surface area contributed by atoms with Crippen molar-refractivity contribution in [3.8, 4) is 0 Å². The van der Waals surface area contributed by atoms with Crippen molar-refractivity contribution >= 4 is 17.9 Å². The van der Waals surface area contributed by atoms with Crippen LogP contribution in [0.1, 0.15) is 87.8 Å². The molecule has 0 amide bonds. The van der Waals surface area contributed by atoms with Crippen LogP contribution in [0.25, 0.3) is 0 Å². The first-order chi connectivity index (χ1) is 16.1. The van der Waals surface area contributed by atoms with Crippen LogP contribution in [-0.4, -0.2) is 50.7 Å². The average Bonchev–Trinajstić information content (AvgIpc) is 3.57. The van der Waals surface area contributed by atoms with Crippen molar-refractivity contribution in [3.63, 3.8) is 0 Å². The molecule has 0 spiro atoms. The molecule has 184 valence electrons. The highest BCUT2D eigenvalue weighted by molar-refractivity contribution is 5.96. The Bertz CT molecular complexity index is 1090. The van der Waals surface area contributed by atoms with Crippen LogP contribution in [-0.2, 0) is 11.3 Å². The first kappa shape index (κ1) is 25.2. The molecule has 34 heavy (non-hydrogen) atoms. The van der Waals surface area contributed by atoms with E-state index < -0.39 is 29.8 Å². The zero-order valence-corrected chi connectivity index (χ0v) is 19.2. The Kier molecular flexibility index (Phi) is 7.93. The molecule has 2 heterocycles. The number of benzene rings is 1. The predicted octanol–water partition coefficient (Wildman–Crippen LogP) is 3.64. The largest absolute Gasteiger partial charge is 0.519 e. The molecule has 4 rings (SSSR count). The van der Waals surface area contributed by atoms with E-state index in [1.54, 1.807) is 19.1 Å². The third kappa shape index (κ3) is 6.13. The quantitative estimate of drug-likeness (QED) is 0.563. The van der Waals surface area contributed by atoms with Gasteiger partial charge in [0.15, 0.2) is 5.76 Å². The predicted molar refractivity (Wildman–Crippen MR) is 119 cm³/mol. The molecule has 0 bridgehead atoms. The summed E-state index contributed by atoms with van der Waals surface area (Å²) in [6.07, 6.45) is 5.58. The summed E-state index contributed by atoms with van der Waals surface area (Å²) in [5.74, 6) is -2.49. The second-order valence-electron chi connectivity index (χ2n) is 8.73. The van der Waals surface area contributed by atoms with Crippen molar-refractivity contribution in [3.05, 3.63) is 56.5 Å². The second-order valence-corrected chi connectivity index (χ2v) is 8.73. The van der Waals surface area contributed by atoms with Gasteiger partial charge in [0.1, 0.15) is 11.8 Å². The van der Waals surface area contributed by atoms with Gasteiger partial charge in [-0.1, -0.05) is 12.8 Å². The SMILES string of the molecule is Cc1c(C(=O)O)cc(C2CC2)cc1C(=O)O.Cc1oc(=O)oc1CN1CCCCCC1C(=O)O. The average molecular weight is 475 g/mol. The third-order valence-corrected chi connectivity index (χ3v) is 6.27. The third-order valence-electron chi connectivity index (χ3n) is 6.27. The van der Waals surface area contributed by atoms with Gasteiger partial charge in [0, 0.05) is 0 Å². The normalized spacial score (nSPS) is 18.5. The van der Waals surface area contributed by atoms with E-state index in [1.165, 1.54) is 6.92 Å². The Labute approximate surface area is 195 Å². The summed E-state index contributed by atoms with van der Waals surface area (Å²) in [7, 11) is 0. The number of hydrogen-bond donors (Lipinski definition) is 3. The number of nitrogens with zero attached hydrogens (tertiary/aromatic N) is 1. The zero-order valence-electron chi connectivity index (χ0n) is 19.2. The molecule has 2 aliphatic rings. The highest BCUT2D eigenvalue weighted by atomic mass is 16.6. The summed E-state index contributed by atoms with van der Waals surface area (Å²) in [4.78, 5) is 46.0. The summed E-state index contributed by atoms with van der Waals surface area (Å²) in [5.41, 5.74) is 1.36. The van der Waals surface area contributed by atoms with Gasteiger partial charge in [-0.25, -0.2) is 14.4 Å². The molecule has 10 heteroatoms. The maximum absolute atomic E-state index is 11.2. The molecule has 2 aromatic rings. The van der Waals surface area contributed by atoms with Gasteiger partial charge >= 0.3 is 23.7 Å². The molecule has 2 fully saturated rings. The van der Waals surface area contributed by atoms with Crippen LogP contribution in [0.2, 0.25) is 0 Å². The number of likely N-dealkylation sites (tertiary alicyclic amines) is 1. The van der Waals surface area contributed by atoms with Crippen LogP contribution in [0.15, 0.2) is 25.8 Å². The highest BCUT2D eigenvalue weighted by Gasteiger charge is 2.29. The lowest BCUT2D eigenvalue weighted by molar-refractivity contribution is -0.143. The summed E-state index contributed by atoms with van der Waals surface area (Å²) in [5, 5.41) is 27.2. The maximum Gasteiger partial charge on any atom is 0.519 e. The summed E-state index contributed by atoms with van der Waals surface area (Å²) >= 11 is 0. The fraction of sp³-hybridized carbons (Fsp3) is 0.500. The van der Waals surface area contributed by atoms with Crippen LogP contribution >= 0.6 is 0 Å². The summed E-state index contributed by atoms with van der Waals surface area (Å²) in [6, 6.07) is 2.69. The number of aromatic carboxylic acids is 2. The lowest BCUT2D eigenvalue weighted by Crippen LogP contribution is -2.40. The van der Waals surface area contributed by atoms with E-state index in [-0.39, 0.29) is 11.1 Å². The van der Waals surface area contributed by atoms with E-state index in [1.807, 2.05) is 4.90 Å². The lowest BCUT2D eigenvalue weighted by atomic mass is 9.96. The molecule has 3 N–H and O–H groups in total. The maximum atomic E-state index is 11.2. The molecule has 1 unspecified atom stereocenters. The molecule has 0 radical (unpaired) electrons. The van der Waals surface area contributed by atoms with E-state index in [2.05, 4.69) is 0 Å². The van der Waals surface area contributed by atoms with Crippen LogP contribution in [0.3, 0.4) is 0 Å². The van der Waals surface area contributed by atoms with Gasteiger partial charge in [-0.15, -0.1) is 0 Å². The van der Waals surface area contributed by atoms with Crippen molar-refractivity contribution in [1.82, 2.24) is 4.90 Å². The second kappa shape index (κ2) is 10.7. The fourth-order valence-corrected chi connectivity index (χ4v) is 4.17.